The average Bonchev–Trinajstić information content (AvgIpc) is 3.26. The zero-order valence-corrected chi connectivity index (χ0v) is 12.4. The number of fused-ring (bicyclic) bond motifs is 1. The summed E-state index contributed by atoms with van der Waals surface area (Å²) in [5, 5.41) is 5.81. The van der Waals surface area contributed by atoms with Gasteiger partial charge in [-0.2, -0.15) is 5.10 Å². The molecular formula is C17H18N4O. The number of hydrogen-bond acceptors (Lipinski definition) is 3. The number of pyridine rings is 1. The predicted octanol–water partition coefficient (Wildman–Crippen LogP) is 2.42. The zero-order valence-electron chi connectivity index (χ0n) is 12.4. The molecule has 2 aliphatic rings. The highest BCUT2D eigenvalue weighted by molar-refractivity contribution is 5.88. The molecule has 0 bridgehead atoms. The number of allylic oxidation sites excluding steroid dienone is 1. The first kappa shape index (κ1) is 13.2. The highest BCUT2D eigenvalue weighted by Crippen LogP contribution is 2.32. The minimum atomic E-state index is -0.0190. The number of likely N-dealkylation sites (tertiary alicyclic amines) is 1. The van der Waals surface area contributed by atoms with Gasteiger partial charge in [0.05, 0.1) is 11.7 Å². The highest BCUT2D eigenvalue weighted by Gasteiger charge is 2.33. The van der Waals surface area contributed by atoms with Crippen LogP contribution in [0, 0.1) is 5.92 Å². The summed E-state index contributed by atoms with van der Waals surface area (Å²) in [6.45, 7) is 4.87. The summed E-state index contributed by atoms with van der Waals surface area (Å²) in [6, 6.07) is 4.20. The lowest BCUT2D eigenvalue weighted by molar-refractivity contribution is -0.131. The molecule has 2 aromatic rings. The second-order valence-electron chi connectivity index (χ2n) is 6.00. The lowest BCUT2D eigenvalue weighted by Crippen LogP contribution is -2.50. The summed E-state index contributed by atoms with van der Waals surface area (Å²) in [4.78, 5) is 17.8. The van der Waals surface area contributed by atoms with Gasteiger partial charge in [-0.3, -0.25) is 4.79 Å². The van der Waals surface area contributed by atoms with Crippen LogP contribution < -0.4 is 0 Å². The van der Waals surface area contributed by atoms with Crippen LogP contribution in [0.15, 0.2) is 37.1 Å². The fourth-order valence-corrected chi connectivity index (χ4v) is 2.81. The van der Waals surface area contributed by atoms with Gasteiger partial charge in [0.25, 0.3) is 0 Å². The number of nitrogens with zero attached hydrogens (tertiary/aromatic N) is 4. The standard InChI is InChI=1S/C17H18N4O/c1-2-16(22)20-10-13(11-20)21-17-14(4-3-9-18-17)15(19-21)8-7-12-5-6-12/h2-4,7-9,12-13H,1,5-6,10-11H2/b8-7+. The Balaban J connectivity index is 1.64. The molecule has 3 heterocycles. The second-order valence-corrected chi connectivity index (χ2v) is 6.00. The Morgan fingerprint density at radius 2 is 2.18 bits per heavy atom. The third kappa shape index (κ3) is 2.22. The first-order valence-electron chi connectivity index (χ1n) is 7.69. The molecule has 5 heteroatoms. The predicted molar refractivity (Wildman–Crippen MR) is 85.1 cm³/mol. The van der Waals surface area contributed by atoms with E-state index in [9.17, 15) is 4.79 Å². The molecule has 112 valence electrons. The van der Waals surface area contributed by atoms with Crippen LogP contribution in [0.2, 0.25) is 0 Å². The van der Waals surface area contributed by atoms with E-state index in [0.29, 0.717) is 13.1 Å². The highest BCUT2D eigenvalue weighted by atomic mass is 16.2. The van der Waals surface area contributed by atoms with Crippen molar-refractivity contribution in [2.24, 2.45) is 5.92 Å². The molecule has 22 heavy (non-hydrogen) atoms. The van der Waals surface area contributed by atoms with Crippen molar-refractivity contribution >= 4 is 23.0 Å². The Kier molecular flexibility index (Phi) is 3.06. The van der Waals surface area contributed by atoms with Crippen LogP contribution in [0.1, 0.15) is 24.6 Å². The van der Waals surface area contributed by atoms with Crippen LogP contribution in [0.4, 0.5) is 0 Å². The van der Waals surface area contributed by atoms with Crippen LogP contribution in [-0.4, -0.2) is 38.7 Å². The van der Waals surface area contributed by atoms with Gasteiger partial charge in [0, 0.05) is 24.7 Å². The Labute approximate surface area is 128 Å². The van der Waals surface area contributed by atoms with Crippen molar-refractivity contribution in [2.75, 3.05) is 13.1 Å². The normalized spacial score (nSPS) is 18.8. The molecule has 0 N–H and O–H groups in total. The van der Waals surface area contributed by atoms with E-state index in [1.165, 1.54) is 18.9 Å². The third-order valence-electron chi connectivity index (χ3n) is 4.34. The van der Waals surface area contributed by atoms with Gasteiger partial charge in [0.1, 0.15) is 0 Å². The summed E-state index contributed by atoms with van der Waals surface area (Å²) >= 11 is 0. The summed E-state index contributed by atoms with van der Waals surface area (Å²) in [7, 11) is 0. The van der Waals surface area contributed by atoms with Gasteiger partial charge in [0.2, 0.25) is 5.91 Å². The topological polar surface area (TPSA) is 51.0 Å². The minimum Gasteiger partial charge on any atom is -0.335 e. The first-order chi connectivity index (χ1) is 10.8. The molecule has 1 saturated heterocycles. The zero-order chi connectivity index (χ0) is 15.1. The largest absolute Gasteiger partial charge is 0.335 e. The van der Waals surface area contributed by atoms with Gasteiger partial charge >= 0.3 is 0 Å². The number of rotatable bonds is 4. The molecule has 0 aromatic carbocycles. The lowest BCUT2D eigenvalue weighted by Gasteiger charge is -2.38. The van der Waals surface area contributed by atoms with E-state index < -0.39 is 0 Å². The molecule has 2 fully saturated rings. The molecule has 1 saturated carbocycles. The molecule has 5 nitrogen and oxygen atoms in total. The van der Waals surface area contributed by atoms with E-state index in [4.69, 9.17) is 5.10 Å². The monoisotopic (exact) mass is 294 g/mol. The maximum atomic E-state index is 11.6. The molecule has 2 aromatic heterocycles. The van der Waals surface area contributed by atoms with Crippen molar-refractivity contribution < 1.29 is 4.79 Å². The third-order valence-corrected chi connectivity index (χ3v) is 4.34. The van der Waals surface area contributed by atoms with Crippen molar-refractivity contribution in [2.45, 2.75) is 18.9 Å². The molecule has 1 amide bonds. The molecule has 4 rings (SSSR count). The van der Waals surface area contributed by atoms with E-state index in [2.05, 4.69) is 29.8 Å². The maximum absolute atomic E-state index is 11.6. The van der Waals surface area contributed by atoms with Crippen LogP contribution in [0.25, 0.3) is 17.1 Å². The van der Waals surface area contributed by atoms with E-state index in [1.54, 1.807) is 11.1 Å². The molecule has 0 atom stereocenters. The number of amides is 1. The summed E-state index contributed by atoms with van der Waals surface area (Å²) < 4.78 is 1.97. The SMILES string of the molecule is C=CC(=O)N1CC(n2nc(/C=C/C3CC3)c3cccnc32)C1. The molecule has 1 aliphatic heterocycles. The Morgan fingerprint density at radius 1 is 1.36 bits per heavy atom. The van der Waals surface area contributed by atoms with E-state index in [0.717, 1.165) is 22.6 Å². The van der Waals surface area contributed by atoms with Gasteiger partial charge in [-0.05, 0) is 43.0 Å². The van der Waals surface area contributed by atoms with Crippen LogP contribution in [0.5, 0.6) is 0 Å². The minimum absolute atomic E-state index is 0.0190. The van der Waals surface area contributed by atoms with Gasteiger partial charge in [0.15, 0.2) is 5.65 Å². The van der Waals surface area contributed by atoms with Crippen molar-refractivity contribution in [3.8, 4) is 0 Å². The molecular weight excluding hydrogens is 276 g/mol. The van der Waals surface area contributed by atoms with E-state index in [1.807, 2.05) is 10.7 Å². The smallest absolute Gasteiger partial charge is 0.246 e. The number of carbonyl (C=O) groups is 1. The van der Waals surface area contributed by atoms with Crippen molar-refractivity contribution in [1.82, 2.24) is 19.7 Å². The van der Waals surface area contributed by atoms with E-state index >= 15 is 0 Å². The van der Waals surface area contributed by atoms with Gasteiger partial charge in [-0.15, -0.1) is 0 Å². The molecule has 0 unspecified atom stereocenters. The Morgan fingerprint density at radius 3 is 2.91 bits per heavy atom. The van der Waals surface area contributed by atoms with Crippen molar-refractivity contribution in [3.05, 3.63) is 42.8 Å². The van der Waals surface area contributed by atoms with Crippen LogP contribution in [0.3, 0.4) is 0 Å². The lowest BCUT2D eigenvalue weighted by atomic mass is 10.1. The average molecular weight is 294 g/mol. The number of hydrogen-bond donors (Lipinski definition) is 0. The summed E-state index contributed by atoms with van der Waals surface area (Å²) in [5.74, 6) is 0.704. The molecule has 0 spiro atoms. The number of aromatic nitrogens is 3. The van der Waals surface area contributed by atoms with Crippen LogP contribution >= 0.6 is 0 Å². The fraction of sp³-hybridized carbons (Fsp3) is 0.353. The van der Waals surface area contributed by atoms with E-state index in [-0.39, 0.29) is 11.9 Å². The Hall–Kier alpha value is -2.43. The van der Waals surface area contributed by atoms with Crippen LogP contribution in [-0.2, 0) is 4.79 Å². The summed E-state index contributed by atoms with van der Waals surface area (Å²) in [6.07, 6.45) is 10.1. The quantitative estimate of drug-likeness (QED) is 0.814. The van der Waals surface area contributed by atoms with Gasteiger partial charge < -0.3 is 4.90 Å². The molecule has 0 radical (unpaired) electrons. The maximum Gasteiger partial charge on any atom is 0.246 e. The van der Waals surface area contributed by atoms with Crippen molar-refractivity contribution in [3.63, 3.8) is 0 Å². The van der Waals surface area contributed by atoms with Crippen molar-refractivity contribution in [1.29, 1.82) is 0 Å². The Bertz CT molecular complexity index is 766. The van der Waals surface area contributed by atoms with Gasteiger partial charge in [-0.1, -0.05) is 12.7 Å². The second kappa shape index (κ2) is 5.09. The number of carbonyl (C=O) groups excluding carboxylic acids is 1. The molecule has 1 aliphatic carbocycles. The summed E-state index contributed by atoms with van der Waals surface area (Å²) in [5.41, 5.74) is 1.87. The van der Waals surface area contributed by atoms with Gasteiger partial charge in [-0.25, -0.2) is 9.67 Å². The first-order valence-corrected chi connectivity index (χ1v) is 7.69. The fourth-order valence-electron chi connectivity index (χ4n) is 2.81.